The number of nitrogens with one attached hydrogen (secondary N) is 2. The first kappa shape index (κ1) is 13.9. The number of piperidine rings is 1. The number of rotatable bonds is 4. The molecule has 2 N–H and O–H groups in total. The van der Waals surface area contributed by atoms with Gasteiger partial charge in [-0.1, -0.05) is 6.07 Å². The van der Waals surface area contributed by atoms with Gasteiger partial charge in [0.25, 0.3) is 5.91 Å². The molecule has 1 saturated heterocycles. The quantitative estimate of drug-likeness (QED) is 0.768. The van der Waals surface area contributed by atoms with Crippen LogP contribution in [0.15, 0.2) is 18.2 Å². The second kappa shape index (κ2) is 6.13. The molecule has 0 atom stereocenters. The minimum Gasteiger partial charge on any atom is -0.454 e. The van der Waals surface area contributed by atoms with E-state index in [2.05, 4.69) is 5.32 Å². The van der Waals surface area contributed by atoms with Crippen molar-refractivity contribution in [3.63, 3.8) is 0 Å². The maximum Gasteiger partial charge on any atom is 0.275 e. The zero-order valence-electron chi connectivity index (χ0n) is 11.8. The second-order valence-corrected chi connectivity index (χ2v) is 5.43. The van der Waals surface area contributed by atoms with E-state index < -0.39 is 0 Å². The molecule has 1 amide bonds. The third-order valence-corrected chi connectivity index (χ3v) is 3.85. The molecule has 6 heteroatoms. The van der Waals surface area contributed by atoms with Crippen LogP contribution in [0.2, 0.25) is 0 Å². The van der Waals surface area contributed by atoms with E-state index >= 15 is 0 Å². The monoisotopic (exact) mass is 291 g/mol. The zero-order chi connectivity index (χ0) is 14.7. The summed E-state index contributed by atoms with van der Waals surface area (Å²) in [5, 5.41) is 2.91. The van der Waals surface area contributed by atoms with Gasteiger partial charge in [-0.2, -0.15) is 0 Å². The summed E-state index contributed by atoms with van der Waals surface area (Å²) in [4.78, 5) is 24.3. The topological polar surface area (TPSA) is 69.1 Å². The van der Waals surface area contributed by atoms with Crippen molar-refractivity contribution in [2.24, 2.45) is 0 Å². The lowest BCUT2D eigenvalue weighted by Crippen LogP contribution is -3.14. The Morgan fingerprint density at radius 2 is 1.95 bits per heavy atom. The zero-order valence-corrected chi connectivity index (χ0v) is 11.8. The molecule has 0 spiro atoms. The minimum absolute atomic E-state index is 0.0111. The summed E-state index contributed by atoms with van der Waals surface area (Å²) in [5.41, 5.74) is 0.983. The molecular weight excluding hydrogens is 272 g/mol. The summed E-state index contributed by atoms with van der Waals surface area (Å²) >= 11 is 0. The van der Waals surface area contributed by atoms with Crippen molar-refractivity contribution in [2.75, 3.05) is 26.4 Å². The van der Waals surface area contributed by atoms with Crippen LogP contribution in [0.3, 0.4) is 0 Å². The van der Waals surface area contributed by atoms with Crippen LogP contribution in [0.4, 0.5) is 0 Å². The third-order valence-electron chi connectivity index (χ3n) is 3.85. The fourth-order valence-electron chi connectivity index (χ4n) is 2.60. The molecule has 112 valence electrons. The number of hydrogen-bond acceptors (Lipinski definition) is 4. The van der Waals surface area contributed by atoms with Crippen LogP contribution in [-0.2, 0) is 16.1 Å². The molecule has 2 heterocycles. The molecule has 3 rings (SSSR count). The van der Waals surface area contributed by atoms with Crippen molar-refractivity contribution < 1.29 is 24.0 Å². The Hall–Kier alpha value is -2.08. The Morgan fingerprint density at radius 1 is 1.19 bits per heavy atom. The highest BCUT2D eigenvalue weighted by Crippen LogP contribution is 2.32. The largest absolute Gasteiger partial charge is 0.454 e. The summed E-state index contributed by atoms with van der Waals surface area (Å²) in [5.74, 6) is 1.78. The lowest BCUT2D eigenvalue weighted by Gasteiger charge is -2.22. The molecule has 1 aromatic rings. The van der Waals surface area contributed by atoms with Gasteiger partial charge in [0, 0.05) is 6.54 Å². The standard InChI is InChI=1S/C15H18N2O4/c18-12-3-5-17(6-4-12)9-15(19)16-8-11-1-2-13-14(7-11)21-10-20-13/h1-2,7H,3-6,8-10H2,(H,16,19)/p+1. The Kier molecular flexibility index (Phi) is 4.06. The number of amides is 1. The maximum atomic E-state index is 11.9. The number of likely N-dealkylation sites (tertiary alicyclic amines) is 1. The SMILES string of the molecule is O=C1CC[NH+](CC(=O)NCc2ccc3c(c2)OCO3)CC1. The molecule has 0 saturated carbocycles. The number of fused-ring (bicyclic) bond motifs is 1. The van der Waals surface area contributed by atoms with Crippen LogP contribution >= 0.6 is 0 Å². The van der Waals surface area contributed by atoms with E-state index in [-0.39, 0.29) is 12.7 Å². The van der Waals surface area contributed by atoms with Crippen molar-refractivity contribution in [1.82, 2.24) is 5.32 Å². The van der Waals surface area contributed by atoms with Crippen LogP contribution in [-0.4, -0.2) is 38.1 Å². The molecule has 6 nitrogen and oxygen atoms in total. The number of ketones is 1. The first-order valence-corrected chi connectivity index (χ1v) is 7.21. The minimum atomic E-state index is 0.0111. The van der Waals surface area contributed by atoms with Crippen LogP contribution in [0, 0.1) is 0 Å². The molecular formula is C15H19N2O4+. The summed E-state index contributed by atoms with van der Waals surface area (Å²) in [6, 6.07) is 5.65. The smallest absolute Gasteiger partial charge is 0.275 e. The van der Waals surface area contributed by atoms with Gasteiger partial charge in [-0.3, -0.25) is 9.59 Å². The van der Waals surface area contributed by atoms with Gasteiger partial charge in [0.05, 0.1) is 25.9 Å². The van der Waals surface area contributed by atoms with E-state index in [1.807, 2.05) is 18.2 Å². The number of carbonyl (C=O) groups is 2. The Morgan fingerprint density at radius 3 is 2.76 bits per heavy atom. The van der Waals surface area contributed by atoms with Crippen LogP contribution < -0.4 is 19.7 Å². The predicted molar refractivity (Wildman–Crippen MR) is 74.2 cm³/mol. The number of quaternary nitrogens is 1. The Balaban J connectivity index is 1.46. The Bertz CT molecular complexity index is 549. The molecule has 0 radical (unpaired) electrons. The van der Waals surface area contributed by atoms with Crippen molar-refractivity contribution in [3.8, 4) is 11.5 Å². The van der Waals surface area contributed by atoms with E-state index in [0.29, 0.717) is 31.7 Å². The van der Waals surface area contributed by atoms with Gasteiger partial charge in [0.2, 0.25) is 6.79 Å². The summed E-state index contributed by atoms with van der Waals surface area (Å²) in [7, 11) is 0. The number of carbonyl (C=O) groups excluding carboxylic acids is 2. The molecule has 0 aliphatic carbocycles. The van der Waals surface area contributed by atoms with Crippen molar-refractivity contribution in [2.45, 2.75) is 19.4 Å². The average Bonchev–Trinajstić information content (AvgIpc) is 2.95. The molecule has 1 fully saturated rings. The normalized spacial score (nSPS) is 17.8. The van der Waals surface area contributed by atoms with Crippen LogP contribution in [0.25, 0.3) is 0 Å². The van der Waals surface area contributed by atoms with E-state index in [9.17, 15) is 9.59 Å². The van der Waals surface area contributed by atoms with Gasteiger partial charge >= 0.3 is 0 Å². The van der Waals surface area contributed by atoms with Crippen molar-refractivity contribution in [3.05, 3.63) is 23.8 Å². The van der Waals surface area contributed by atoms with Gasteiger partial charge in [-0.25, -0.2) is 0 Å². The number of hydrogen-bond donors (Lipinski definition) is 2. The van der Waals surface area contributed by atoms with Gasteiger partial charge in [0.1, 0.15) is 5.78 Å². The lowest BCUT2D eigenvalue weighted by atomic mass is 10.1. The molecule has 0 aromatic heterocycles. The summed E-state index contributed by atoms with van der Waals surface area (Å²) < 4.78 is 10.6. The van der Waals surface area contributed by atoms with Crippen LogP contribution in [0.1, 0.15) is 18.4 Å². The van der Waals surface area contributed by atoms with Gasteiger partial charge < -0.3 is 19.7 Å². The van der Waals surface area contributed by atoms with Crippen molar-refractivity contribution in [1.29, 1.82) is 0 Å². The first-order chi connectivity index (χ1) is 10.2. The van der Waals surface area contributed by atoms with E-state index in [4.69, 9.17) is 9.47 Å². The fraction of sp³-hybridized carbons (Fsp3) is 0.467. The molecule has 0 unspecified atom stereocenters. The Labute approximate surface area is 123 Å². The summed E-state index contributed by atoms with van der Waals surface area (Å²) in [6.07, 6.45) is 1.18. The highest BCUT2D eigenvalue weighted by Gasteiger charge is 2.21. The van der Waals surface area contributed by atoms with Gasteiger partial charge in [-0.05, 0) is 17.7 Å². The molecule has 2 aliphatic heterocycles. The molecule has 2 aliphatic rings. The highest BCUT2D eigenvalue weighted by molar-refractivity contribution is 5.79. The lowest BCUT2D eigenvalue weighted by molar-refractivity contribution is -0.893. The number of Topliss-reactive ketones (excluding diaryl/α,β-unsaturated/α-hetero) is 1. The number of ether oxygens (including phenoxy) is 2. The molecule has 1 aromatic carbocycles. The van der Waals surface area contributed by atoms with Crippen LogP contribution in [0.5, 0.6) is 11.5 Å². The van der Waals surface area contributed by atoms with Gasteiger partial charge in [0.15, 0.2) is 18.0 Å². The average molecular weight is 291 g/mol. The third kappa shape index (κ3) is 3.52. The molecule has 0 bridgehead atoms. The van der Waals surface area contributed by atoms with E-state index in [0.717, 1.165) is 30.2 Å². The highest BCUT2D eigenvalue weighted by atomic mass is 16.7. The van der Waals surface area contributed by atoms with E-state index in [1.165, 1.54) is 4.90 Å². The maximum absolute atomic E-state index is 11.9. The van der Waals surface area contributed by atoms with Gasteiger partial charge in [-0.15, -0.1) is 0 Å². The fourth-order valence-corrected chi connectivity index (χ4v) is 2.60. The van der Waals surface area contributed by atoms with Crippen molar-refractivity contribution >= 4 is 11.7 Å². The predicted octanol–water partition coefficient (Wildman–Crippen LogP) is -0.721. The van der Waals surface area contributed by atoms with E-state index in [1.54, 1.807) is 0 Å². The first-order valence-electron chi connectivity index (χ1n) is 7.21. The number of benzene rings is 1. The summed E-state index contributed by atoms with van der Waals surface area (Å²) in [6.45, 7) is 2.67. The molecule has 21 heavy (non-hydrogen) atoms. The second-order valence-electron chi connectivity index (χ2n) is 5.43.